The molecule has 1 aliphatic heterocycles. The van der Waals surface area contributed by atoms with Crippen LogP contribution in [-0.4, -0.2) is 36.3 Å². The molecule has 0 bridgehead atoms. The van der Waals surface area contributed by atoms with Crippen LogP contribution in [0.4, 0.5) is 0 Å². The molecule has 1 aliphatic rings. The van der Waals surface area contributed by atoms with Crippen molar-refractivity contribution in [3.05, 3.63) is 33.8 Å². The van der Waals surface area contributed by atoms with Gasteiger partial charge in [0.05, 0.1) is 13.0 Å². The summed E-state index contributed by atoms with van der Waals surface area (Å²) >= 11 is 11.8. The third-order valence-electron chi connectivity index (χ3n) is 3.26. The summed E-state index contributed by atoms with van der Waals surface area (Å²) in [5.74, 6) is -0.250. The highest BCUT2D eigenvalue weighted by Crippen LogP contribution is 2.21. The van der Waals surface area contributed by atoms with Crippen LogP contribution in [-0.2, 0) is 16.0 Å². The Morgan fingerprint density at radius 2 is 1.90 bits per heavy atom. The SMILES string of the molecule is O=C(Cc1ccc(Cl)cc1Cl)NCC(=O)N1CCCC1. The molecule has 1 aromatic carbocycles. The molecule has 0 spiro atoms. The van der Waals surface area contributed by atoms with E-state index in [0.29, 0.717) is 15.6 Å². The normalized spacial score (nSPS) is 14.4. The highest BCUT2D eigenvalue weighted by Gasteiger charge is 2.18. The van der Waals surface area contributed by atoms with Gasteiger partial charge >= 0.3 is 0 Å². The lowest BCUT2D eigenvalue weighted by atomic mass is 10.1. The Balaban J connectivity index is 1.81. The van der Waals surface area contributed by atoms with E-state index in [0.717, 1.165) is 25.9 Å². The molecule has 0 aliphatic carbocycles. The van der Waals surface area contributed by atoms with E-state index in [9.17, 15) is 9.59 Å². The Kier molecular flexibility index (Phi) is 5.26. The van der Waals surface area contributed by atoms with Gasteiger partial charge in [0.25, 0.3) is 0 Å². The topological polar surface area (TPSA) is 49.4 Å². The molecule has 0 atom stereocenters. The summed E-state index contributed by atoms with van der Waals surface area (Å²) in [7, 11) is 0. The van der Waals surface area contributed by atoms with Crippen molar-refractivity contribution in [2.75, 3.05) is 19.6 Å². The van der Waals surface area contributed by atoms with E-state index >= 15 is 0 Å². The lowest BCUT2D eigenvalue weighted by Gasteiger charge is -2.15. The minimum atomic E-state index is -0.221. The molecule has 0 saturated carbocycles. The lowest BCUT2D eigenvalue weighted by molar-refractivity contribution is -0.131. The fourth-order valence-electron chi connectivity index (χ4n) is 2.15. The molecule has 2 rings (SSSR count). The Labute approximate surface area is 128 Å². The van der Waals surface area contributed by atoms with Gasteiger partial charge in [-0.1, -0.05) is 29.3 Å². The maximum Gasteiger partial charge on any atom is 0.241 e. The number of rotatable bonds is 4. The zero-order valence-corrected chi connectivity index (χ0v) is 12.5. The van der Waals surface area contributed by atoms with Gasteiger partial charge in [-0.3, -0.25) is 9.59 Å². The van der Waals surface area contributed by atoms with Gasteiger partial charge in [-0.2, -0.15) is 0 Å². The van der Waals surface area contributed by atoms with Crippen LogP contribution in [0.3, 0.4) is 0 Å². The number of halogens is 2. The first-order valence-corrected chi connectivity index (χ1v) is 7.30. The van der Waals surface area contributed by atoms with Gasteiger partial charge in [-0.15, -0.1) is 0 Å². The predicted octanol–water partition coefficient (Wildman–Crippen LogP) is 2.27. The van der Waals surface area contributed by atoms with Crippen LogP contribution in [0.1, 0.15) is 18.4 Å². The van der Waals surface area contributed by atoms with E-state index < -0.39 is 0 Å². The Bertz CT molecular complexity index is 514. The van der Waals surface area contributed by atoms with Crippen molar-refractivity contribution in [3.8, 4) is 0 Å². The summed E-state index contributed by atoms with van der Waals surface area (Å²) in [5, 5.41) is 3.62. The van der Waals surface area contributed by atoms with Gasteiger partial charge in [0, 0.05) is 23.1 Å². The Hall–Kier alpha value is -1.26. The average molecular weight is 315 g/mol. The summed E-state index contributed by atoms with van der Waals surface area (Å²) in [6.45, 7) is 1.62. The lowest BCUT2D eigenvalue weighted by Crippen LogP contribution is -2.39. The maximum atomic E-state index is 11.8. The number of amides is 2. The highest BCUT2D eigenvalue weighted by atomic mass is 35.5. The summed E-state index contributed by atoms with van der Waals surface area (Å²) < 4.78 is 0. The summed E-state index contributed by atoms with van der Waals surface area (Å²) in [5.41, 5.74) is 0.696. The summed E-state index contributed by atoms with van der Waals surface area (Å²) in [6.07, 6.45) is 2.23. The number of carbonyl (C=O) groups excluding carboxylic acids is 2. The van der Waals surface area contributed by atoms with Crippen molar-refractivity contribution >= 4 is 35.0 Å². The van der Waals surface area contributed by atoms with Crippen molar-refractivity contribution in [2.24, 2.45) is 0 Å². The third-order valence-corrected chi connectivity index (χ3v) is 3.85. The van der Waals surface area contributed by atoms with Crippen molar-refractivity contribution in [1.29, 1.82) is 0 Å². The van der Waals surface area contributed by atoms with Gasteiger partial charge in [0.15, 0.2) is 0 Å². The van der Waals surface area contributed by atoms with Gasteiger partial charge in [-0.25, -0.2) is 0 Å². The number of benzene rings is 1. The van der Waals surface area contributed by atoms with Crippen molar-refractivity contribution in [3.63, 3.8) is 0 Å². The molecule has 2 amide bonds. The second kappa shape index (κ2) is 6.95. The van der Waals surface area contributed by atoms with Crippen LogP contribution in [0.2, 0.25) is 10.0 Å². The number of hydrogen-bond acceptors (Lipinski definition) is 2. The van der Waals surface area contributed by atoms with Crippen molar-refractivity contribution < 1.29 is 9.59 Å². The zero-order valence-electron chi connectivity index (χ0n) is 11.0. The fourth-order valence-corrected chi connectivity index (χ4v) is 2.63. The number of carbonyl (C=O) groups is 2. The zero-order chi connectivity index (χ0) is 14.5. The fraction of sp³-hybridized carbons (Fsp3) is 0.429. The van der Waals surface area contributed by atoms with E-state index in [1.807, 2.05) is 0 Å². The van der Waals surface area contributed by atoms with Crippen LogP contribution in [0.15, 0.2) is 18.2 Å². The van der Waals surface area contributed by atoms with Gasteiger partial charge in [0.2, 0.25) is 11.8 Å². The van der Waals surface area contributed by atoms with Crippen molar-refractivity contribution in [1.82, 2.24) is 10.2 Å². The first kappa shape index (κ1) is 15.1. The highest BCUT2D eigenvalue weighted by molar-refractivity contribution is 6.35. The van der Waals surface area contributed by atoms with Gasteiger partial charge in [-0.05, 0) is 30.5 Å². The molecule has 4 nitrogen and oxygen atoms in total. The molecular weight excluding hydrogens is 299 g/mol. The molecule has 108 valence electrons. The average Bonchev–Trinajstić information content (AvgIpc) is 2.93. The number of nitrogens with zero attached hydrogens (tertiary/aromatic N) is 1. The summed E-state index contributed by atoms with van der Waals surface area (Å²) in [4.78, 5) is 25.4. The molecule has 0 radical (unpaired) electrons. The Morgan fingerprint density at radius 1 is 1.20 bits per heavy atom. The molecule has 20 heavy (non-hydrogen) atoms. The first-order valence-electron chi connectivity index (χ1n) is 6.54. The second-order valence-electron chi connectivity index (χ2n) is 4.78. The minimum Gasteiger partial charge on any atom is -0.347 e. The third kappa shape index (κ3) is 4.12. The monoisotopic (exact) mass is 314 g/mol. The largest absolute Gasteiger partial charge is 0.347 e. The molecule has 1 N–H and O–H groups in total. The van der Waals surface area contributed by atoms with Crippen LogP contribution >= 0.6 is 23.2 Å². The van der Waals surface area contributed by atoms with Crippen LogP contribution < -0.4 is 5.32 Å². The van der Waals surface area contributed by atoms with E-state index in [-0.39, 0.29) is 24.8 Å². The smallest absolute Gasteiger partial charge is 0.241 e. The molecule has 6 heteroatoms. The number of hydrogen-bond donors (Lipinski definition) is 1. The predicted molar refractivity (Wildman–Crippen MR) is 79.0 cm³/mol. The van der Waals surface area contributed by atoms with Gasteiger partial charge in [0.1, 0.15) is 0 Å². The molecule has 1 fully saturated rings. The van der Waals surface area contributed by atoms with Crippen LogP contribution in [0.25, 0.3) is 0 Å². The van der Waals surface area contributed by atoms with Crippen LogP contribution in [0.5, 0.6) is 0 Å². The number of likely N-dealkylation sites (tertiary alicyclic amines) is 1. The van der Waals surface area contributed by atoms with E-state index in [4.69, 9.17) is 23.2 Å². The Morgan fingerprint density at radius 3 is 2.55 bits per heavy atom. The van der Waals surface area contributed by atoms with Crippen molar-refractivity contribution in [2.45, 2.75) is 19.3 Å². The molecule has 1 aromatic rings. The van der Waals surface area contributed by atoms with Crippen LogP contribution in [0, 0.1) is 0 Å². The molecule has 1 saturated heterocycles. The molecule has 1 heterocycles. The molecule has 0 unspecified atom stereocenters. The van der Waals surface area contributed by atoms with Gasteiger partial charge < -0.3 is 10.2 Å². The molecule has 0 aromatic heterocycles. The standard InChI is InChI=1S/C14H16Cl2N2O2/c15-11-4-3-10(12(16)8-11)7-13(19)17-9-14(20)18-5-1-2-6-18/h3-4,8H,1-2,5-7,9H2,(H,17,19). The first-order chi connectivity index (χ1) is 9.56. The number of nitrogens with one attached hydrogen (secondary N) is 1. The summed E-state index contributed by atoms with van der Waals surface area (Å²) in [6, 6.07) is 5.00. The molecular formula is C14H16Cl2N2O2. The quantitative estimate of drug-likeness (QED) is 0.927. The van der Waals surface area contributed by atoms with E-state index in [2.05, 4.69) is 5.32 Å². The van der Waals surface area contributed by atoms with E-state index in [1.54, 1.807) is 23.1 Å². The van der Waals surface area contributed by atoms with E-state index in [1.165, 1.54) is 0 Å². The second-order valence-corrected chi connectivity index (χ2v) is 5.62. The maximum absolute atomic E-state index is 11.8. The minimum absolute atomic E-state index is 0.0296.